The van der Waals surface area contributed by atoms with E-state index in [1.165, 1.54) is 17.8 Å². The standard InChI is InChI=1S/C16H28N2O2S/c1-6-12(19)15-13(17)14(20-11(4)5)16(21-15)18-9-7-8-10(2)3/h10-11,18H,6-9,17H2,1-5H3. The minimum atomic E-state index is 0.0303. The summed E-state index contributed by atoms with van der Waals surface area (Å²) in [5.74, 6) is 1.40. The number of carbonyl (C=O) groups excluding carboxylic acids is 1. The number of carbonyl (C=O) groups is 1. The van der Waals surface area contributed by atoms with Crippen molar-refractivity contribution in [1.82, 2.24) is 0 Å². The molecule has 120 valence electrons. The number of ether oxygens (including phenoxy) is 1. The van der Waals surface area contributed by atoms with Gasteiger partial charge in [0.25, 0.3) is 0 Å². The first kappa shape index (κ1) is 17.8. The van der Waals surface area contributed by atoms with Crippen LogP contribution in [0.2, 0.25) is 0 Å². The molecule has 1 aromatic heterocycles. The molecule has 1 aromatic rings. The zero-order valence-electron chi connectivity index (χ0n) is 13.8. The van der Waals surface area contributed by atoms with Crippen molar-refractivity contribution >= 4 is 27.8 Å². The maximum absolute atomic E-state index is 12.0. The molecule has 1 rings (SSSR count). The minimum absolute atomic E-state index is 0.0303. The van der Waals surface area contributed by atoms with E-state index in [1.54, 1.807) is 0 Å². The molecule has 0 atom stereocenters. The first-order valence-electron chi connectivity index (χ1n) is 7.72. The number of hydrogen-bond donors (Lipinski definition) is 2. The fraction of sp³-hybridized carbons (Fsp3) is 0.688. The molecule has 5 heteroatoms. The van der Waals surface area contributed by atoms with E-state index in [9.17, 15) is 4.79 Å². The third-order valence-electron chi connectivity index (χ3n) is 3.07. The third-order valence-corrected chi connectivity index (χ3v) is 4.26. The summed E-state index contributed by atoms with van der Waals surface area (Å²) in [6.07, 6.45) is 2.75. The summed E-state index contributed by atoms with van der Waals surface area (Å²) in [5.41, 5.74) is 6.58. The number of rotatable bonds is 9. The van der Waals surface area contributed by atoms with Crippen LogP contribution < -0.4 is 15.8 Å². The van der Waals surface area contributed by atoms with Crippen molar-refractivity contribution < 1.29 is 9.53 Å². The summed E-state index contributed by atoms with van der Waals surface area (Å²) < 4.78 is 5.80. The van der Waals surface area contributed by atoms with Gasteiger partial charge < -0.3 is 15.8 Å². The average molecular weight is 312 g/mol. The Kier molecular flexibility index (Phi) is 7.02. The summed E-state index contributed by atoms with van der Waals surface area (Å²) >= 11 is 1.41. The van der Waals surface area contributed by atoms with Crippen molar-refractivity contribution in [1.29, 1.82) is 0 Å². The van der Waals surface area contributed by atoms with Crippen molar-refractivity contribution in [3.8, 4) is 5.75 Å². The van der Waals surface area contributed by atoms with Gasteiger partial charge in [0.05, 0.1) is 16.7 Å². The van der Waals surface area contributed by atoms with E-state index in [4.69, 9.17) is 10.5 Å². The van der Waals surface area contributed by atoms with Crippen LogP contribution in [0.25, 0.3) is 0 Å². The maximum Gasteiger partial charge on any atom is 0.177 e. The van der Waals surface area contributed by atoms with Crippen molar-refractivity contribution in [2.75, 3.05) is 17.6 Å². The lowest BCUT2D eigenvalue weighted by Crippen LogP contribution is -2.09. The number of anilines is 2. The molecule has 3 N–H and O–H groups in total. The Morgan fingerprint density at radius 1 is 1.33 bits per heavy atom. The number of thiophene rings is 1. The molecule has 21 heavy (non-hydrogen) atoms. The molecule has 0 saturated carbocycles. The van der Waals surface area contributed by atoms with Gasteiger partial charge in [0.2, 0.25) is 0 Å². The Morgan fingerprint density at radius 2 is 2.00 bits per heavy atom. The monoisotopic (exact) mass is 312 g/mol. The van der Waals surface area contributed by atoms with Gasteiger partial charge in [-0.3, -0.25) is 4.79 Å². The quantitative estimate of drug-likeness (QED) is 0.518. The Bertz CT molecular complexity index is 467. The molecule has 0 bridgehead atoms. The molecule has 0 saturated heterocycles. The summed E-state index contributed by atoms with van der Waals surface area (Å²) in [6, 6.07) is 0. The van der Waals surface area contributed by atoms with Gasteiger partial charge in [0.15, 0.2) is 11.5 Å². The van der Waals surface area contributed by atoms with Crippen molar-refractivity contribution in [3.05, 3.63) is 4.88 Å². The highest BCUT2D eigenvalue weighted by Gasteiger charge is 2.21. The van der Waals surface area contributed by atoms with Gasteiger partial charge in [0.1, 0.15) is 5.00 Å². The van der Waals surface area contributed by atoms with E-state index < -0.39 is 0 Å². The lowest BCUT2D eigenvalue weighted by atomic mass is 10.1. The van der Waals surface area contributed by atoms with Crippen LogP contribution in [0.4, 0.5) is 10.7 Å². The number of Topliss-reactive ketones (excluding diaryl/α,β-unsaturated/α-hetero) is 1. The fourth-order valence-corrected chi connectivity index (χ4v) is 3.07. The second-order valence-electron chi connectivity index (χ2n) is 5.91. The molecule has 0 aliphatic rings. The van der Waals surface area contributed by atoms with Gasteiger partial charge in [0, 0.05) is 13.0 Å². The highest BCUT2D eigenvalue weighted by Crippen LogP contribution is 2.43. The Hall–Kier alpha value is -1.23. The second kappa shape index (κ2) is 8.27. The van der Waals surface area contributed by atoms with Crippen LogP contribution in [-0.4, -0.2) is 18.4 Å². The maximum atomic E-state index is 12.0. The second-order valence-corrected chi connectivity index (χ2v) is 6.93. The molecule has 0 fully saturated rings. The van der Waals surface area contributed by atoms with E-state index in [2.05, 4.69) is 19.2 Å². The molecule has 1 heterocycles. The molecule has 4 nitrogen and oxygen atoms in total. The van der Waals surface area contributed by atoms with Gasteiger partial charge in [-0.1, -0.05) is 20.8 Å². The predicted molar refractivity (Wildman–Crippen MR) is 91.7 cm³/mol. The summed E-state index contributed by atoms with van der Waals surface area (Å²) in [6.45, 7) is 11.1. The summed E-state index contributed by atoms with van der Waals surface area (Å²) in [7, 11) is 0. The zero-order valence-corrected chi connectivity index (χ0v) is 14.6. The lowest BCUT2D eigenvalue weighted by Gasteiger charge is -2.13. The Balaban J connectivity index is 2.86. The SMILES string of the molecule is CCC(=O)c1sc(NCCCC(C)C)c(OC(C)C)c1N. The van der Waals surface area contributed by atoms with E-state index in [1.807, 2.05) is 20.8 Å². The first-order chi connectivity index (χ1) is 9.86. The number of nitrogen functional groups attached to an aromatic ring is 1. The first-order valence-corrected chi connectivity index (χ1v) is 8.54. The number of nitrogens with two attached hydrogens (primary N) is 1. The number of ketones is 1. The topological polar surface area (TPSA) is 64.3 Å². The fourth-order valence-electron chi connectivity index (χ4n) is 1.98. The molecule has 0 unspecified atom stereocenters. The smallest absolute Gasteiger partial charge is 0.177 e. The summed E-state index contributed by atoms with van der Waals surface area (Å²) in [5, 5.41) is 4.25. The van der Waals surface area contributed by atoms with Gasteiger partial charge >= 0.3 is 0 Å². The molecule has 0 radical (unpaired) electrons. The third kappa shape index (κ3) is 5.23. The largest absolute Gasteiger partial charge is 0.486 e. The minimum Gasteiger partial charge on any atom is -0.486 e. The summed E-state index contributed by atoms with van der Waals surface area (Å²) in [4.78, 5) is 12.6. The van der Waals surface area contributed by atoms with Crippen LogP contribution in [0.15, 0.2) is 0 Å². The molecule has 0 spiro atoms. The average Bonchev–Trinajstić information content (AvgIpc) is 2.71. The van der Waals surface area contributed by atoms with E-state index in [-0.39, 0.29) is 11.9 Å². The molecule has 0 aliphatic heterocycles. The van der Waals surface area contributed by atoms with Crippen LogP contribution in [-0.2, 0) is 0 Å². The van der Waals surface area contributed by atoms with Gasteiger partial charge in [-0.2, -0.15) is 0 Å². The molecular weight excluding hydrogens is 284 g/mol. The predicted octanol–water partition coefficient (Wildman–Crippen LogP) is 4.56. The zero-order chi connectivity index (χ0) is 16.0. The van der Waals surface area contributed by atoms with Crippen molar-refractivity contribution in [2.24, 2.45) is 5.92 Å². The molecular formula is C16H28N2O2S. The Morgan fingerprint density at radius 3 is 2.52 bits per heavy atom. The molecule has 0 aromatic carbocycles. The lowest BCUT2D eigenvalue weighted by molar-refractivity contribution is 0.0992. The van der Waals surface area contributed by atoms with Crippen LogP contribution in [0.1, 0.15) is 63.6 Å². The number of hydrogen-bond acceptors (Lipinski definition) is 5. The number of nitrogens with one attached hydrogen (secondary N) is 1. The highest BCUT2D eigenvalue weighted by atomic mass is 32.1. The van der Waals surface area contributed by atoms with E-state index >= 15 is 0 Å². The van der Waals surface area contributed by atoms with Crippen molar-refractivity contribution in [2.45, 2.75) is 60.0 Å². The molecule has 0 aliphatic carbocycles. The van der Waals surface area contributed by atoms with E-state index in [0.717, 1.165) is 18.0 Å². The normalized spacial score (nSPS) is 11.2. The highest BCUT2D eigenvalue weighted by molar-refractivity contribution is 7.19. The van der Waals surface area contributed by atoms with Crippen LogP contribution in [0.5, 0.6) is 5.75 Å². The van der Waals surface area contributed by atoms with Crippen LogP contribution in [0.3, 0.4) is 0 Å². The van der Waals surface area contributed by atoms with E-state index in [0.29, 0.717) is 28.7 Å². The van der Waals surface area contributed by atoms with Crippen LogP contribution >= 0.6 is 11.3 Å². The Labute approximate surface area is 132 Å². The van der Waals surface area contributed by atoms with Crippen molar-refractivity contribution in [3.63, 3.8) is 0 Å². The molecule has 0 amide bonds. The van der Waals surface area contributed by atoms with Gasteiger partial charge in [-0.15, -0.1) is 11.3 Å². The van der Waals surface area contributed by atoms with Crippen LogP contribution in [0, 0.1) is 5.92 Å². The van der Waals surface area contributed by atoms with Gasteiger partial charge in [-0.05, 0) is 32.6 Å². The van der Waals surface area contributed by atoms with Gasteiger partial charge in [-0.25, -0.2) is 0 Å².